The number of hydrogen-bond acceptors (Lipinski definition) is 4. The highest BCUT2D eigenvalue weighted by atomic mass is 16.5. The highest BCUT2D eigenvalue weighted by Crippen LogP contribution is 2.27. The number of ether oxygens (including phenoxy) is 1. The largest absolute Gasteiger partial charge is 0.465 e. The number of rotatable bonds is 2. The first kappa shape index (κ1) is 14.9. The molecule has 1 saturated heterocycles. The van der Waals surface area contributed by atoms with E-state index in [1.54, 1.807) is 0 Å². The summed E-state index contributed by atoms with van der Waals surface area (Å²) in [5.74, 6) is -0.286. The van der Waals surface area contributed by atoms with E-state index in [4.69, 9.17) is 4.74 Å². The predicted octanol–water partition coefficient (Wildman–Crippen LogP) is 2.15. The summed E-state index contributed by atoms with van der Waals surface area (Å²) in [5, 5.41) is 4.46. The van der Waals surface area contributed by atoms with Crippen molar-refractivity contribution in [2.45, 2.75) is 19.4 Å². The number of benzene rings is 1. The molecule has 1 unspecified atom stereocenters. The number of anilines is 1. The Hall–Kier alpha value is -2.01. The first-order valence-electron chi connectivity index (χ1n) is 7.76. The number of hydrogen-bond donors (Lipinski definition) is 1. The third-order valence-corrected chi connectivity index (χ3v) is 4.45. The second kappa shape index (κ2) is 6.01. The fourth-order valence-corrected chi connectivity index (χ4v) is 3.11. The Balaban J connectivity index is 1.96. The molecule has 1 N–H and O–H groups in total. The number of methoxy groups -OCH3 is 1. The van der Waals surface area contributed by atoms with Gasteiger partial charge in [0, 0.05) is 50.0 Å². The molecule has 1 aliphatic heterocycles. The maximum atomic E-state index is 11.9. The van der Waals surface area contributed by atoms with Crippen molar-refractivity contribution >= 4 is 22.6 Å². The molecule has 5 nitrogen and oxygen atoms in total. The molecular formula is C17H23N3O2. The molecular weight excluding hydrogens is 278 g/mol. The quantitative estimate of drug-likeness (QED) is 0.864. The molecule has 0 saturated carbocycles. The van der Waals surface area contributed by atoms with Crippen LogP contribution in [-0.4, -0.2) is 43.3 Å². The molecule has 0 radical (unpaired) electrons. The van der Waals surface area contributed by atoms with Crippen molar-refractivity contribution in [1.82, 2.24) is 9.88 Å². The van der Waals surface area contributed by atoms with Gasteiger partial charge in [-0.05, 0) is 31.5 Å². The van der Waals surface area contributed by atoms with Crippen molar-refractivity contribution in [3.05, 3.63) is 30.0 Å². The van der Waals surface area contributed by atoms with Crippen LogP contribution in [0.5, 0.6) is 0 Å². The van der Waals surface area contributed by atoms with Crippen LogP contribution in [0.15, 0.2) is 24.4 Å². The van der Waals surface area contributed by atoms with Crippen molar-refractivity contribution in [2.24, 2.45) is 7.05 Å². The van der Waals surface area contributed by atoms with E-state index in [-0.39, 0.29) is 5.97 Å². The highest BCUT2D eigenvalue weighted by Gasteiger charge is 2.17. The van der Waals surface area contributed by atoms with Gasteiger partial charge < -0.3 is 19.5 Å². The zero-order valence-corrected chi connectivity index (χ0v) is 13.4. The fraction of sp³-hybridized carbons (Fsp3) is 0.471. The molecule has 5 heteroatoms. The first-order valence-corrected chi connectivity index (χ1v) is 7.76. The summed E-state index contributed by atoms with van der Waals surface area (Å²) in [6, 6.07) is 6.86. The summed E-state index contributed by atoms with van der Waals surface area (Å²) < 4.78 is 6.85. The van der Waals surface area contributed by atoms with Crippen molar-refractivity contribution in [1.29, 1.82) is 0 Å². The number of esters is 1. The summed E-state index contributed by atoms with van der Waals surface area (Å²) in [5.41, 5.74) is 2.89. The van der Waals surface area contributed by atoms with Gasteiger partial charge in [-0.2, -0.15) is 0 Å². The molecule has 1 fully saturated rings. The summed E-state index contributed by atoms with van der Waals surface area (Å²) in [6.45, 7) is 5.28. The van der Waals surface area contributed by atoms with Gasteiger partial charge in [-0.25, -0.2) is 4.79 Å². The second-order valence-electron chi connectivity index (χ2n) is 5.98. The Bertz CT molecular complexity index is 693. The van der Waals surface area contributed by atoms with Crippen molar-refractivity contribution in [3.8, 4) is 0 Å². The Morgan fingerprint density at radius 1 is 1.36 bits per heavy atom. The van der Waals surface area contributed by atoms with Crippen LogP contribution < -0.4 is 10.2 Å². The van der Waals surface area contributed by atoms with Crippen LogP contribution >= 0.6 is 0 Å². The average Bonchev–Trinajstić information content (AvgIpc) is 2.70. The van der Waals surface area contributed by atoms with E-state index >= 15 is 0 Å². The lowest BCUT2D eigenvalue weighted by Crippen LogP contribution is -2.28. The van der Waals surface area contributed by atoms with Crippen molar-refractivity contribution in [3.63, 3.8) is 0 Å². The number of nitrogens with zero attached hydrogens (tertiary/aromatic N) is 2. The first-order chi connectivity index (χ1) is 10.6. The third kappa shape index (κ3) is 2.68. The Kier molecular flexibility index (Phi) is 4.07. The van der Waals surface area contributed by atoms with Crippen LogP contribution in [0, 0.1) is 0 Å². The van der Waals surface area contributed by atoms with Gasteiger partial charge in [-0.3, -0.25) is 0 Å². The van der Waals surface area contributed by atoms with Gasteiger partial charge >= 0.3 is 5.97 Å². The van der Waals surface area contributed by atoms with E-state index < -0.39 is 0 Å². The molecule has 1 aromatic heterocycles. The topological polar surface area (TPSA) is 46.5 Å². The summed E-state index contributed by atoms with van der Waals surface area (Å²) >= 11 is 0. The molecule has 22 heavy (non-hydrogen) atoms. The number of nitrogens with one attached hydrogen (secondary N) is 1. The van der Waals surface area contributed by atoms with E-state index in [1.807, 2.05) is 23.9 Å². The molecule has 0 spiro atoms. The van der Waals surface area contributed by atoms with Gasteiger partial charge in [-0.1, -0.05) is 0 Å². The van der Waals surface area contributed by atoms with E-state index in [9.17, 15) is 4.79 Å². The maximum absolute atomic E-state index is 11.9. The molecule has 1 aliphatic rings. The Morgan fingerprint density at radius 2 is 2.18 bits per heavy atom. The zero-order valence-electron chi connectivity index (χ0n) is 13.4. The zero-order chi connectivity index (χ0) is 15.7. The van der Waals surface area contributed by atoms with Crippen molar-refractivity contribution < 1.29 is 9.53 Å². The summed E-state index contributed by atoms with van der Waals surface area (Å²) in [6.07, 6.45) is 2.98. The third-order valence-electron chi connectivity index (χ3n) is 4.45. The predicted molar refractivity (Wildman–Crippen MR) is 88.6 cm³/mol. The molecule has 0 aliphatic carbocycles. The van der Waals surface area contributed by atoms with Crippen LogP contribution in [0.4, 0.5) is 5.69 Å². The number of aryl methyl sites for hydroxylation is 1. The van der Waals surface area contributed by atoms with Crippen LogP contribution in [-0.2, 0) is 11.8 Å². The van der Waals surface area contributed by atoms with E-state index in [1.165, 1.54) is 12.8 Å². The lowest BCUT2D eigenvalue weighted by atomic mass is 10.1. The minimum atomic E-state index is -0.286. The average molecular weight is 301 g/mol. The van der Waals surface area contributed by atoms with E-state index in [2.05, 4.69) is 29.3 Å². The molecule has 0 bridgehead atoms. The minimum absolute atomic E-state index is 0.286. The molecule has 2 aromatic rings. The van der Waals surface area contributed by atoms with Gasteiger partial charge in [0.25, 0.3) is 0 Å². The second-order valence-corrected chi connectivity index (χ2v) is 5.98. The number of carbonyl (C=O) groups is 1. The maximum Gasteiger partial charge on any atom is 0.340 e. The minimum Gasteiger partial charge on any atom is -0.465 e. The van der Waals surface area contributed by atoms with Gasteiger partial charge in [0.1, 0.15) is 0 Å². The highest BCUT2D eigenvalue weighted by molar-refractivity contribution is 6.05. The van der Waals surface area contributed by atoms with E-state index in [0.717, 1.165) is 37.0 Å². The van der Waals surface area contributed by atoms with Crippen LogP contribution in [0.2, 0.25) is 0 Å². The van der Waals surface area contributed by atoms with Gasteiger partial charge in [0.15, 0.2) is 0 Å². The SMILES string of the molecule is COC(=O)c1cn(C)c2cc(N3CCNC(C)CC3)ccc12. The van der Waals surface area contributed by atoms with E-state index in [0.29, 0.717) is 11.6 Å². The molecule has 0 amide bonds. The molecule has 1 atom stereocenters. The number of aromatic nitrogens is 1. The van der Waals surface area contributed by atoms with Crippen molar-refractivity contribution in [2.75, 3.05) is 31.6 Å². The smallest absolute Gasteiger partial charge is 0.340 e. The van der Waals surface area contributed by atoms with Gasteiger partial charge in [0.2, 0.25) is 0 Å². The van der Waals surface area contributed by atoms with Crippen LogP contribution in [0.3, 0.4) is 0 Å². The lowest BCUT2D eigenvalue weighted by molar-refractivity contribution is 0.0603. The lowest BCUT2D eigenvalue weighted by Gasteiger charge is -2.22. The Morgan fingerprint density at radius 3 is 2.95 bits per heavy atom. The van der Waals surface area contributed by atoms with Crippen LogP contribution in [0.1, 0.15) is 23.7 Å². The number of fused-ring (bicyclic) bond motifs is 1. The summed E-state index contributed by atoms with van der Waals surface area (Å²) in [4.78, 5) is 14.3. The van der Waals surface area contributed by atoms with Gasteiger partial charge in [0.05, 0.1) is 18.2 Å². The number of carbonyl (C=O) groups excluding carboxylic acids is 1. The standard InChI is InChI=1S/C17H23N3O2/c1-12-6-8-20(9-7-18-12)13-4-5-14-15(17(21)22-3)11-19(2)16(14)10-13/h4-5,10-12,18H,6-9H2,1-3H3. The fourth-order valence-electron chi connectivity index (χ4n) is 3.11. The Labute approximate surface area is 130 Å². The van der Waals surface area contributed by atoms with Gasteiger partial charge in [-0.15, -0.1) is 0 Å². The summed E-state index contributed by atoms with van der Waals surface area (Å²) in [7, 11) is 3.38. The molecule has 1 aromatic carbocycles. The monoisotopic (exact) mass is 301 g/mol. The normalized spacial score (nSPS) is 19.2. The molecule has 3 rings (SSSR count). The van der Waals surface area contributed by atoms with Crippen LogP contribution in [0.25, 0.3) is 10.9 Å². The molecule has 2 heterocycles. The molecule has 118 valence electrons.